The largest absolute Gasteiger partial charge is 0.377 e. The Morgan fingerprint density at radius 1 is 1.11 bits per heavy atom. The normalized spacial score (nSPS) is 26.4. The molecule has 1 N–H and O–H groups in total. The van der Waals surface area contributed by atoms with E-state index in [1.165, 1.54) is 32.1 Å². The van der Waals surface area contributed by atoms with Crippen molar-refractivity contribution in [2.45, 2.75) is 84.3 Å². The van der Waals surface area contributed by atoms with Gasteiger partial charge in [0.05, 0.1) is 5.60 Å². The summed E-state index contributed by atoms with van der Waals surface area (Å²) in [5.41, 5.74) is 0.0193. The van der Waals surface area contributed by atoms with Gasteiger partial charge in [0.25, 0.3) is 0 Å². The second-order valence-electron chi connectivity index (χ2n) is 6.13. The fourth-order valence-corrected chi connectivity index (χ4v) is 4.23. The van der Waals surface area contributed by atoms with E-state index in [0.29, 0.717) is 6.04 Å². The number of hydrogen-bond acceptors (Lipinski definition) is 2. The highest BCUT2D eigenvalue weighted by atomic mass is 16.5. The van der Waals surface area contributed by atoms with E-state index in [9.17, 15) is 0 Å². The molecule has 3 unspecified atom stereocenters. The minimum atomic E-state index is 0.0193. The monoisotopic (exact) mass is 269 g/mol. The Labute approximate surface area is 120 Å². The molecule has 19 heavy (non-hydrogen) atoms. The molecule has 0 radical (unpaired) electrons. The molecule has 0 bridgehead atoms. The highest BCUT2D eigenvalue weighted by Gasteiger charge is 2.43. The molecule has 0 heterocycles. The average molecular weight is 269 g/mol. The van der Waals surface area contributed by atoms with Crippen molar-refractivity contribution in [3.8, 4) is 0 Å². The summed E-state index contributed by atoms with van der Waals surface area (Å²) in [6.07, 6.45) is 9.13. The Bertz CT molecular complexity index is 229. The fourth-order valence-electron chi connectivity index (χ4n) is 4.23. The summed E-state index contributed by atoms with van der Waals surface area (Å²) >= 11 is 0. The van der Waals surface area contributed by atoms with Gasteiger partial charge in [0.1, 0.15) is 0 Å². The molecule has 2 nitrogen and oxygen atoms in total. The molecule has 0 aromatic heterocycles. The smallest absolute Gasteiger partial charge is 0.0828 e. The van der Waals surface area contributed by atoms with Gasteiger partial charge in [-0.1, -0.05) is 53.4 Å². The van der Waals surface area contributed by atoms with Crippen LogP contribution in [0.1, 0.15) is 72.6 Å². The van der Waals surface area contributed by atoms with Crippen LogP contribution >= 0.6 is 0 Å². The standard InChI is InChI=1S/C17H35NO/c1-6-14-12-10-11-13-15(14)16(18-9-4)17(7-2,8-3)19-5/h14-16,18H,6-13H2,1-5H3. The van der Waals surface area contributed by atoms with Crippen LogP contribution in [0.4, 0.5) is 0 Å². The van der Waals surface area contributed by atoms with Crippen LogP contribution in [0.3, 0.4) is 0 Å². The van der Waals surface area contributed by atoms with Gasteiger partial charge in [0.2, 0.25) is 0 Å². The Morgan fingerprint density at radius 2 is 1.74 bits per heavy atom. The van der Waals surface area contributed by atoms with Crippen molar-refractivity contribution < 1.29 is 4.74 Å². The van der Waals surface area contributed by atoms with E-state index in [-0.39, 0.29) is 5.60 Å². The maximum Gasteiger partial charge on any atom is 0.0828 e. The van der Waals surface area contributed by atoms with Crippen molar-refractivity contribution in [3.05, 3.63) is 0 Å². The molecule has 0 spiro atoms. The molecule has 0 saturated heterocycles. The van der Waals surface area contributed by atoms with E-state index in [1.54, 1.807) is 0 Å². The molecule has 114 valence electrons. The first-order valence-electron chi connectivity index (χ1n) is 8.47. The van der Waals surface area contributed by atoms with Crippen molar-refractivity contribution in [2.75, 3.05) is 13.7 Å². The number of methoxy groups -OCH3 is 1. The Kier molecular flexibility index (Phi) is 7.38. The van der Waals surface area contributed by atoms with Crippen LogP contribution in [-0.2, 0) is 4.74 Å². The zero-order chi connectivity index (χ0) is 14.3. The van der Waals surface area contributed by atoms with Gasteiger partial charge in [-0.05, 0) is 37.6 Å². The minimum Gasteiger partial charge on any atom is -0.377 e. The Hall–Kier alpha value is -0.0800. The number of hydrogen-bond donors (Lipinski definition) is 1. The number of nitrogens with one attached hydrogen (secondary N) is 1. The summed E-state index contributed by atoms with van der Waals surface area (Å²) in [5, 5.41) is 3.79. The van der Waals surface area contributed by atoms with Crippen molar-refractivity contribution in [2.24, 2.45) is 11.8 Å². The summed E-state index contributed by atoms with van der Waals surface area (Å²) in [6.45, 7) is 10.2. The fraction of sp³-hybridized carbons (Fsp3) is 1.00. The zero-order valence-corrected chi connectivity index (χ0v) is 13.8. The third-order valence-electron chi connectivity index (χ3n) is 5.51. The molecule has 0 aromatic carbocycles. The van der Waals surface area contributed by atoms with E-state index in [2.05, 4.69) is 33.0 Å². The minimum absolute atomic E-state index is 0.0193. The number of ether oxygens (including phenoxy) is 1. The maximum atomic E-state index is 6.03. The molecule has 0 aliphatic heterocycles. The molecule has 0 amide bonds. The lowest BCUT2D eigenvalue weighted by molar-refractivity contribution is -0.0750. The molecule has 1 aliphatic carbocycles. The average Bonchev–Trinajstić information content (AvgIpc) is 2.48. The molecule has 3 atom stereocenters. The number of likely N-dealkylation sites (N-methyl/N-ethyl adjacent to an activating group) is 1. The third kappa shape index (κ3) is 3.72. The first-order valence-corrected chi connectivity index (χ1v) is 8.47. The van der Waals surface area contributed by atoms with Gasteiger partial charge < -0.3 is 10.1 Å². The van der Waals surface area contributed by atoms with Gasteiger partial charge in [-0.2, -0.15) is 0 Å². The van der Waals surface area contributed by atoms with Crippen LogP contribution in [0, 0.1) is 11.8 Å². The summed E-state index contributed by atoms with van der Waals surface area (Å²) in [5.74, 6) is 1.67. The van der Waals surface area contributed by atoms with Crippen molar-refractivity contribution in [1.29, 1.82) is 0 Å². The van der Waals surface area contributed by atoms with E-state index in [0.717, 1.165) is 31.2 Å². The van der Waals surface area contributed by atoms with Gasteiger partial charge in [-0.15, -0.1) is 0 Å². The van der Waals surface area contributed by atoms with Gasteiger partial charge in [0, 0.05) is 13.2 Å². The van der Waals surface area contributed by atoms with Crippen LogP contribution in [-0.4, -0.2) is 25.3 Å². The van der Waals surface area contributed by atoms with Crippen LogP contribution < -0.4 is 5.32 Å². The van der Waals surface area contributed by atoms with Crippen molar-refractivity contribution in [1.82, 2.24) is 5.32 Å². The zero-order valence-electron chi connectivity index (χ0n) is 13.8. The van der Waals surface area contributed by atoms with Gasteiger partial charge >= 0.3 is 0 Å². The lowest BCUT2D eigenvalue weighted by Gasteiger charge is -2.47. The summed E-state index contributed by atoms with van der Waals surface area (Å²) in [7, 11) is 1.90. The molecule has 0 aromatic rings. The first-order chi connectivity index (χ1) is 9.18. The topological polar surface area (TPSA) is 21.3 Å². The Morgan fingerprint density at radius 3 is 2.21 bits per heavy atom. The lowest BCUT2D eigenvalue weighted by atomic mass is 9.68. The van der Waals surface area contributed by atoms with E-state index < -0.39 is 0 Å². The molecule has 1 saturated carbocycles. The molecule has 1 rings (SSSR count). The van der Waals surface area contributed by atoms with Crippen LogP contribution in [0.2, 0.25) is 0 Å². The maximum absolute atomic E-state index is 6.03. The van der Waals surface area contributed by atoms with Crippen LogP contribution in [0.25, 0.3) is 0 Å². The first kappa shape index (κ1) is 17.0. The van der Waals surface area contributed by atoms with Crippen LogP contribution in [0.5, 0.6) is 0 Å². The number of rotatable bonds is 8. The van der Waals surface area contributed by atoms with E-state index in [4.69, 9.17) is 4.74 Å². The summed E-state index contributed by atoms with van der Waals surface area (Å²) < 4.78 is 6.03. The molecular formula is C17H35NO. The third-order valence-corrected chi connectivity index (χ3v) is 5.51. The molecular weight excluding hydrogens is 234 g/mol. The van der Waals surface area contributed by atoms with E-state index >= 15 is 0 Å². The molecule has 1 fully saturated rings. The van der Waals surface area contributed by atoms with Gasteiger partial charge in [0.15, 0.2) is 0 Å². The van der Waals surface area contributed by atoms with Crippen molar-refractivity contribution >= 4 is 0 Å². The molecule has 2 heteroatoms. The second-order valence-corrected chi connectivity index (χ2v) is 6.13. The SMILES string of the molecule is CCNC(C1CCCCC1CC)C(CC)(CC)OC. The van der Waals surface area contributed by atoms with Crippen LogP contribution in [0.15, 0.2) is 0 Å². The summed E-state index contributed by atoms with van der Waals surface area (Å²) in [6, 6.07) is 0.516. The lowest BCUT2D eigenvalue weighted by Crippen LogP contribution is -2.57. The Balaban J connectivity index is 2.96. The summed E-state index contributed by atoms with van der Waals surface area (Å²) in [4.78, 5) is 0. The highest BCUT2D eigenvalue weighted by Crippen LogP contribution is 2.40. The predicted octanol–water partition coefficient (Wildman–Crippen LogP) is 4.39. The predicted molar refractivity (Wildman–Crippen MR) is 83.5 cm³/mol. The van der Waals surface area contributed by atoms with Gasteiger partial charge in [-0.3, -0.25) is 0 Å². The quantitative estimate of drug-likeness (QED) is 0.706. The second kappa shape index (κ2) is 8.26. The highest BCUT2D eigenvalue weighted by molar-refractivity contribution is 4.98. The van der Waals surface area contributed by atoms with Crippen molar-refractivity contribution in [3.63, 3.8) is 0 Å². The van der Waals surface area contributed by atoms with Gasteiger partial charge in [-0.25, -0.2) is 0 Å². The van der Waals surface area contributed by atoms with E-state index in [1.807, 2.05) is 7.11 Å². The molecule has 1 aliphatic rings.